The summed E-state index contributed by atoms with van der Waals surface area (Å²) in [7, 11) is 0. The zero-order valence-electron chi connectivity index (χ0n) is 13.4. The second kappa shape index (κ2) is 6.45. The quantitative estimate of drug-likeness (QED) is 0.854. The fraction of sp³-hybridized carbons (Fsp3) is 0.500. The Morgan fingerprint density at radius 2 is 2.30 bits per heavy atom. The first-order chi connectivity index (χ1) is 11.0. The van der Waals surface area contributed by atoms with Crippen molar-refractivity contribution in [2.45, 2.75) is 32.3 Å². The van der Waals surface area contributed by atoms with Gasteiger partial charge in [-0.05, 0) is 26.0 Å². The Labute approximate surface area is 134 Å². The van der Waals surface area contributed by atoms with Gasteiger partial charge in [-0.3, -0.25) is 9.78 Å². The molecule has 1 aliphatic rings. The lowest BCUT2D eigenvalue weighted by molar-refractivity contribution is -0.145. The Balaban J connectivity index is 1.56. The molecule has 23 heavy (non-hydrogen) atoms. The average molecular weight is 316 g/mol. The maximum Gasteiger partial charge on any atom is 0.227 e. The summed E-state index contributed by atoms with van der Waals surface area (Å²) < 4.78 is 10.8. The molecule has 3 rings (SSSR count). The number of pyridine rings is 1. The van der Waals surface area contributed by atoms with Crippen LogP contribution in [0.25, 0.3) is 11.4 Å². The van der Waals surface area contributed by atoms with Gasteiger partial charge in [0, 0.05) is 43.9 Å². The van der Waals surface area contributed by atoms with Gasteiger partial charge >= 0.3 is 0 Å². The molecule has 7 heteroatoms. The number of morpholine rings is 1. The number of hydrogen-bond acceptors (Lipinski definition) is 6. The summed E-state index contributed by atoms with van der Waals surface area (Å²) in [5.74, 6) is 1.04. The molecule has 0 atom stereocenters. The molecule has 1 saturated heterocycles. The van der Waals surface area contributed by atoms with E-state index >= 15 is 0 Å². The summed E-state index contributed by atoms with van der Waals surface area (Å²) in [5.41, 5.74) is 0.509. The molecule has 1 aliphatic heterocycles. The number of amides is 1. The molecule has 2 aromatic heterocycles. The third-order valence-corrected chi connectivity index (χ3v) is 3.72. The summed E-state index contributed by atoms with van der Waals surface area (Å²) in [6.07, 6.45) is 4.15. The summed E-state index contributed by atoms with van der Waals surface area (Å²) >= 11 is 0. The zero-order valence-corrected chi connectivity index (χ0v) is 13.4. The van der Waals surface area contributed by atoms with Gasteiger partial charge in [0.15, 0.2) is 0 Å². The van der Waals surface area contributed by atoms with E-state index < -0.39 is 0 Å². The topological polar surface area (TPSA) is 81.4 Å². The Hall–Kier alpha value is -2.28. The molecule has 2 aromatic rings. The molecule has 1 fully saturated rings. The number of hydrogen-bond donors (Lipinski definition) is 0. The van der Waals surface area contributed by atoms with Crippen molar-refractivity contribution in [3.05, 3.63) is 30.4 Å². The van der Waals surface area contributed by atoms with E-state index in [1.807, 2.05) is 30.9 Å². The monoisotopic (exact) mass is 316 g/mol. The largest absolute Gasteiger partial charge is 0.372 e. The van der Waals surface area contributed by atoms with Crippen LogP contribution in [0.1, 0.15) is 26.2 Å². The van der Waals surface area contributed by atoms with Crippen LogP contribution in [0.15, 0.2) is 29.0 Å². The van der Waals surface area contributed by atoms with Crippen molar-refractivity contribution in [3.8, 4) is 11.4 Å². The fourth-order valence-electron chi connectivity index (χ4n) is 2.57. The van der Waals surface area contributed by atoms with Gasteiger partial charge in [-0.2, -0.15) is 4.98 Å². The van der Waals surface area contributed by atoms with E-state index in [2.05, 4.69) is 15.1 Å². The molecule has 0 aromatic carbocycles. The molecular weight excluding hydrogens is 296 g/mol. The van der Waals surface area contributed by atoms with Gasteiger partial charge in [0.05, 0.1) is 12.2 Å². The molecule has 0 N–H and O–H groups in total. The highest BCUT2D eigenvalue weighted by Gasteiger charge is 2.29. The Morgan fingerprint density at radius 1 is 1.43 bits per heavy atom. The Bertz CT molecular complexity index is 669. The summed E-state index contributed by atoms with van der Waals surface area (Å²) in [6.45, 7) is 5.79. The minimum atomic E-state index is -0.286. The number of aromatic nitrogens is 3. The predicted molar refractivity (Wildman–Crippen MR) is 82.5 cm³/mol. The molecule has 0 spiro atoms. The molecule has 0 radical (unpaired) electrons. The smallest absolute Gasteiger partial charge is 0.227 e. The number of aryl methyl sites for hydroxylation is 1. The summed E-state index contributed by atoms with van der Waals surface area (Å²) in [5, 5.41) is 3.93. The van der Waals surface area contributed by atoms with Crippen molar-refractivity contribution in [2.24, 2.45) is 0 Å². The highest BCUT2D eigenvalue weighted by molar-refractivity contribution is 5.76. The molecule has 0 aliphatic carbocycles. The summed E-state index contributed by atoms with van der Waals surface area (Å²) in [4.78, 5) is 22.5. The van der Waals surface area contributed by atoms with Crippen LogP contribution in [0.3, 0.4) is 0 Å². The average Bonchev–Trinajstić information content (AvgIpc) is 3.01. The van der Waals surface area contributed by atoms with Gasteiger partial charge in [0.2, 0.25) is 17.6 Å². The van der Waals surface area contributed by atoms with Crippen LogP contribution in [0.2, 0.25) is 0 Å². The van der Waals surface area contributed by atoms with Crippen molar-refractivity contribution in [1.29, 1.82) is 0 Å². The fourth-order valence-corrected chi connectivity index (χ4v) is 2.57. The lowest BCUT2D eigenvalue weighted by atomic mass is 10.1. The lowest BCUT2D eigenvalue weighted by Gasteiger charge is -2.38. The molecule has 122 valence electrons. The van der Waals surface area contributed by atoms with Crippen LogP contribution in [0.4, 0.5) is 0 Å². The van der Waals surface area contributed by atoms with Crippen molar-refractivity contribution in [2.75, 3.05) is 19.7 Å². The van der Waals surface area contributed by atoms with E-state index in [0.29, 0.717) is 44.3 Å². The number of carbonyl (C=O) groups is 1. The van der Waals surface area contributed by atoms with Gasteiger partial charge in [0.25, 0.3) is 0 Å². The molecule has 0 saturated carbocycles. The molecule has 7 nitrogen and oxygen atoms in total. The van der Waals surface area contributed by atoms with Crippen LogP contribution >= 0.6 is 0 Å². The van der Waals surface area contributed by atoms with Crippen molar-refractivity contribution in [3.63, 3.8) is 0 Å². The Kier molecular flexibility index (Phi) is 4.38. The standard InChI is InChI=1S/C16H20N4O3/c1-16(2)11-20(8-9-22-16)14(21)6-5-13-18-15(19-23-13)12-4-3-7-17-10-12/h3-4,7,10H,5-6,8-9,11H2,1-2H3. The van der Waals surface area contributed by atoms with Crippen LogP contribution < -0.4 is 0 Å². The first-order valence-electron chi connectivity index (χ1n) is 7.68. The van der Waals surface area contributed by atoms with E-state index in [0.717, 1.165) is 5.56 Å². The van der Waals surface area contributed by atoms with Crippen LogP contribution in [-0.2, 0) is 16.0 Å². The second-order valence-electron chi connectivity index (χ2n) is 6.18. The first kappa shape index (κ1) is 15.6. The van der Waals surface area contributed by atoms with Crippen LogP contribution in [0, 0.1) is 0 Å². The Morgan fingerprint density at radius 3 is 3.04 bits per heavy atom. The van der Waals surface area contributed by atoms with E-state index in [1.54, 1.807) is 12.4 Å². The predicted octanol–water partition coefficient (Wildman–Crippen LogP) is 1.70. The third kappa shape index (κ3) is 3.92. The SMILES string of the molecule is CC1(C)CN(C(=O)CCc2nc(-c3cccnc3)no2)CCO1. The van der Waals surface area contributed by atoms with E-state index in [4.69, 9.17) is 9.26 Å². The van der Waals surface area contributed by atoms with Gasteiger partial charge < -0.3 is 14.2 Å². The van der Waals surface area contributed by atoms with E-state index in [-0.39, 0.29) is 11.5 Å². The first-order valence-corrected chi connectivity index (χ1v) is 7.68. The minimum Gasteiger partial charge on any atom is -0.372 e. The van der Waals surface area contributed by atoms with Gasteiger partial charge in [-0.1, -0.05) is 5.16 Å². The van der Waals surface area contributed by atoms with E-state index in [9.17, 15) is 4.79 Å². The van der Waals surface area contributed by atoms with Crippen LogP contribution in [0.5, 0.6) is 0 Å². The molecular formula is C16H20N4O3. The molecule has 3 heterocycles. The zero-order chi connectivity index (χ0) is 16.3. The molecule has 0 unspecified atom stereocenters. The third-order valence-electron chi connectivity index (χ3n) is 3.72. The lowest BCUT2D eigenvalue weighted by Crippen LogP contribution is -2.50. The van der Waals surface area contributed by atoms with Gasteiger partial charge in [-0.25, -0.2) is 0 Å². The minimum absolute atomic E-state index is 0.0857. The highest BCUT2D eigenvalue weighted by atomic mass is 16.5. The van der Waals surface area contributed by atoms with Gasteiger partial charge in [-0.15, -0.1) is 0 Å². The second-order valence-corrected chi connectivity index (χ2v) is 6.18. The number of ether oxygens (including phenoxy) is 1. The molecule has 0 bridgehead atoms. The maximum atomic E-state index is 12.3. The van der Waals surface area contributed by atoms with E-state index in [1.165, 1.54) is 0 Å². The van der Waals surface area contributed by atoms with Gasteiger partial charge in [0.1, 0.15) is 0 Å². The maximum absolute atomic E-state index is 12.3. The van der Waals surface area contributed by atoms with Crippen molar-refractivity contribution in [1.82, 2.24) is 20.0 Å². The normalized spacial score (nSPS) is 17.2. The van der Waals surface area contributed by atoms with Crippen molar-refractivity contribution < 1.29 is 14.1 Å². The molecule has 1 amide bonds. The van der Waals surface area contributed by atoms with Crippen LogP contribution in [-0.4, -0.2) is 51.2 Å². The number of nitrogens with zero attached hydrogens (tertiary/aromatic N) is 4. The van der Waals surface area contributed by atoms with Crippen molar-refractivity contribution >= 4 is 5.91 Å². The highest BCUT2D eigenvalue weighted by Crippen LogP contribution is 2.18. The number of rotatable bonds is 4. The summed E-state index contributed by atoms with van der Waals surface area (Å²) in [6, 6.07) is 3.68. The number of carbonyl (C=O) groups excluding carboxylic acids is 1.